The first kappa shape index (κ1) is 12.9. The Bertz CT molecular complexity index is 377. The Morgan fingerprint density at radius 2 is 1.83 bits per heavy atom. The summed E-state index contributed by atoms with van der Waals surface area (Å²) >= 11 is 0. The molecule has 0 radical (unpaired) electrons. The lowest BCUT2D eigenvalue weighted by Crippen LogP contribution is -2.19. The van der Waals surface area contributed by atoms with Crippen LogP contribution in [0.25, 0.3) is 0 Å². The Hall–Kier alpha value is -1.51. The molecule has 2 rings (SSSR count). The maximum absolute atomic E-state index is 10.7. The zero-order valence-electron chi connectivity index (χ0n) is 10.9. The van der Waals surface area contributed by atoms with Gasteiger partial charge in [-0.15, -0.1) is 0 Å². The molecule has 1 saturated carbocycles. The van der Waals surface area contributed by atoms with Crippen LogP contribution in [0.4, 0.5) is 0 Å². The first-order valence-electron chi connectivity index (χ1n) is 6.63. The van der Waals surface area contributed by atoms with E-state index < -0.39 is 0 Å². The summed E-state index contributed by atoms with van der Waals surface area (Å²) in [6.45, 7) is 1.75. The summed E-state index contributed by atoms with van der Waals surface area (Å²) in [5.41, 5.74) is 0.987. The van der Waals surface area contributed by atoms with E-state index in [4.69, 9.17) is 9.47 Å². The van der Waals surface area contributed by atoms with Gasteiger partial charge in [0.05, 0.1) is 6.10 Å². The van der Waals surface area contributed by atoms with Gasteiger partial charge in [-0.3, -0.25) is 4.79 Å². The van der Waals surface area contributed by atoms with E-state index in [-0.39, 0.29) is 5.97 Å². The maximum Gasteiger partial charge on any atom is 0.302 e. The molecule has 1 aliphatic carbocycles. The van der Waals surface area contributed by atoms with E-state index in [1.807, 2.05) is 24.3 Å². The van der Waals surface area contributed by atoms with Crippen LogP contribution in [0.15, 0.2) is 24.3 Å². The summed E-state index contributed by atoms with van der Waals surface area (Å²) in [4.78, 5) is 10.7. The molecule has 3 heteroatoms. The van der Waals surface area contributed by atoms with Gasteiger partial charge in [-0.1, -0.05) is 18.6 Å². The summed E-state index contributed by atoms with van der Waals surface area (Å²) in [6, 6.07) is 7.79. The van der Waals surface area contributed by atoms with Crippen molar-refractivity contribution in [1.29, 1.82) is 0 Å². The lowest BCUT2D eigenvalue weighted by atomic mass is 9.98. The van der Waals surface area contributed by atoms with E-state index in [1.165, 1.54) is 26.2 Å². The van der Waals surface area contributed by atoms with Gasteiger partial charge >= 0.3 is 5.97 Å². The Morgan fingerprint density at radius 1 is 1.17 bits per heavy atom. The number of ether oxygens (including phenoxy) is 2. The summed E-state index contributed by atoms with van der Waals surface area (Å²) in [6.07, 6.45) is 6.58. The average Bonchev–Trinajstić information content (AvgIpc) is 2.39. The molecule has 0 heterocycles. The molecule has 0 atom stereocenters. The minimum atomic E-state index is -0.252. The van der Waals surface area contributed by atoms with Crippen LogP contribution in [-0.4, -0.2) is 12.1 Å². The Labute approximate surface area is 108 Å². The summed E-state index contributed by atoms with van der Waals surface area (Å²) in [5, 5.41) is 0. The van der Waals surface area contributed by atoms with Gasteiger partial charge in [-0.05, 0) is 43.4 Å². The first-order valence-corrected chi connectivity index (χ1v) is 6.63. The standard InChI is InChI=1S/C15H20O3/c1-12(16)17-11-13-7-9-15(10-8-13)18-14-5-3-2-4-6-14/h7-10,14H,2-6,11H2,1H3. The molecular formula is C15H20O3. The fourth-order valence-electron chi connectivity index (χ4n) is 2.22. The van der Waals surface area contributed by atoms with Crippen LogP contribution in [0, 0.1) is 0 Å². The van der Waals surface area contributed by atoms with Gasteiger partial charge in [0.2, 0.25) is 0 Å². The number of hydrogen-bond acceptors (Lipinski definition) is 3. The molecule has 0 bridgehead atoms. The predicted molar refractivity (Wildman–Crippen MR) is 69.4 cm³/mol. The van der Waals surface area contributed by atoms with Crippen LogP contribution in [0.5, 0.6) is 5.75 Å². The van der Waals surface area contributed by atoms with Crippen molar-refractivity contribution in [1.82, 2.24) is 0 Å². The van der Waals surface area contributed by atoms with E-state index in [2.05, 4.69) is 0 Å². The smallest absolute Gasteiger partial charge is 0.302 e. The molecule has 1 aromatic rings. The third kappa shape index (κ3) is 4.06. The molecule has 0 amide bonds. The van der Waals surface area contributed by atoms with Crippen molar-refractivity contribution in [2.75, 3.05) is 0 Å². The number of carbonyl (C=O) groups excluding carboxylic acids is 1. The lowest BCUT2D eigenvalue weighted by molar-refractivity contribution is -0.142. The van der Waals surface area contributed by atoms with Crippen molar-refractivity contribution in [2.24, 2.45) is 0 Å². The SMILES string of the molecule is CC(=O)OCc1ccc(OC2CCCCC2)cc1. The monoisotopic (exact) mass is 248 g/mol. The summed E-state index contributed by atoms with van der Waals surface area (Å²) in [5.74, 6) is 0.658. The number of carbonyl (C=O) groups is 1. The number of benzene rings is 1. The number of hydrogen-bond donors (Lipinski definition) is 0. The molecule has 98 valence electrons. The van der Waals surface area contributed by atoms with Gasteiger partial charge in [0.25, 0.3) is 0 Å². The second-order valence-electron chi connectivity index (χ2n) is 4.80. The summed E-state index contributed by atoms with van der Waals surface area (Å²) < 4.78 is 10.9. The van der Waals surface area contributed by atoms with Crippen LogP contribution < -0.4 is 4.74 Å². The van der Waals surface area contributed by atoms with Gasteiger partial charge in [-0.2, -0.15) is 0 Å². The van der Waals surface area contributed by atoms with Crippen LogP contribution in [0.1, 0.15) is 44.6 Å². The van der Waals surface area contributed by atoms with Crippen LogP contribution in [0.2, 0.25) is 0 Å². The van der Waals surface area contributed by atoms with Gasteiger partial charge in [0, 0.05) is 6.92 Å². The third-order valence-electron chi connectivity index (χ3n) is 3.22. The first-order chi connectivity index (χ1) is 8.74. The Morgan fingerprint density at radius 3 is 2.44 bits per heavy atom. The highest BCUT2D eigenvalue weighted by Gasteiger charge is 2.14. The molecular weight excluding hydrogens is 228 g/mol. The molecule has 3 nitrogen and oxygen atoms in total. The highest BCUT2D eigenvalue weighted by Crippen LogP contribution is 2.23. The molecule has 0 N–H and O–H groups in total. The molecule has 0 aromatic heterocycles. The van der Waals surface area contributed by atoms with E-state index in [0.717, 1.165) is 24.2 Å². The molecule has 1 fully saturated rings. The van der Waals surface area contributed by atoms with E-state index >= 15 is 0 Å². The molecule has 1 aromatic carbocycles. The molecule has 0 aliphatic heterocycles. The Kier molecular flexibility index (Phi) is 4.62. The molecule has 0 saturated heterocycles. The average molecular weight is 248 g/mol. The predicted octanol–water partition coefficient (Wildman–Crippen LogP) is 3.46. The quantitative estimate of drug-likeness (QED) is 0.765. The van der Waals surface area contributed by atoms with E-state index in [1.54, 1.807) is 0 Å². The zero-order chi connectivity index (χ0) is 12.8. The van der Waals surface area contributed by atoms with E-state index in [0.29, 0.717) is 12.7 Å². The normalized spacial score (nSPS) is 16.3. The second kappa shape index (κ2) is 6.43. The van der Waals surface area contributed by atoms with Crippen molar-refractivity contribution in [2.45, 2.75) is 51.7 Å². The van der Waals surface area contributed by atoms with Gasteiger partial charge < -0.3 is 9.47 Å². The van der Waals surface area contributed by atoms with Crippen LogP contribution in [0.3, 0.4) is 0 Å². The fraction of sp³-hybridized carbons (Fsp3) is 0.533. The van der Waals surface area contributed by atoms with Gasteiger partial charge in [0.15, 0.2) is 0 Å². The zero-order valence-corrected chi connectivity index (χ0v) is 10.9. The Balaban J connectivity index is 1.84. The highest BCUT2D eigenvalue weighted by atomic mass is 16.5. The van der Waals surface area contributed by atoms with Crippen LogP contribution in [-0.2, 0) is 16.1 Å². The minimum Gasteiger partial charge on any atom is -0.490 e. The van der Waals surface area contributed by atoms with Gasteiger partial charge in [0.1, 0.15) is 12.4 Å². The highest BCUT2D eigenvalue weighted by molar-refractivity contribution is 5.65. The van der Waals surface area contributed by atoms with Gasteiger partial charge in [-0.25, -0.2) is 0 Å². The topological polar surface area (TPSA) is 35.5 Å². The van der Waals surface area contributed by atoms with Crippen molar-refractivity contribution in [3.8, 4) is 5.75 Å². The number of rotatable bonds is 4. The van der Waals surface area contributed by atoms with E-state index in [9.17, 15) is 4.79 Å². The van der Waals surface area contributed by atoms with Crippen molar-refractivity contribution >= 4 is 5.97 Å². The van der Waals surface area contributed by atoms with Crippen molar-refractivity contribution in [3.63, 3.8) is 0 Å². The minimum absolute atomic E-state index is 0.252. The molecule has 18 heavy (non-hydrogen) atoms. The molecule has 1 aliphatic rings. The molecule has 0 spiro atoms. The van der Waals surface area contributed by atoms with Crippen molar-refractivity contribution in [3.05, 3.63) is 29.8 Å². The number of esters is 1. The molecule has 0 unspecified atom stereocenters. The maximum atomic E-state index is 10.7. The lowest BCUT2D eigenvalue weighted by Gasteiger charge is -2.23. The van der Waals surface area contributed by atoms with Crippen LogP contribution >= 0.6 is 0 Å². The second-order valence-corrected chi connectivity index (χ2v) is 4.80. The fourth-order valence-corrected chi connectivity index (χ4v) is 2.22. The third-order valence-corrected chi connectivity index (χ3v) is 3.22. The largest absolute Gasteiger partial charge is 0.490 e. The van der Waals surface area contributed by atoms with Crippen molar-refractivity contribution < 1.29 is 14.3 Å². The summed E-state index contributed by atoms with van der Waals surface area (Å²) in [7, 11) is 0.